The molecule has 12 nitrogen and oxygen atoms in total. The fourth-order valence-corrected chi connectivity index (χ4v) is 3.67. The Morgan fingerprint density at radius 2 is 1.23 bits per heavy atom. The van der Waals surface area contributed by atoms with Crippen molar-refractivity contribution in [2.45, 2.75) is 120 Å². The SMILES string of the molecule is CC(C)(C)C(=O)OC[C@H]1O[C@@H](N[C@H](C#N)c2ccco2)[C@H](OC(=O)C(C)(C)C)[C@@H](OC(=O)C(C)(C)C)[C@@H]1OC(=O)C(C)(C)C. The van der Waals surface area contributed by atoms with E-state index in [4.69, 9.17) is 28.1 Å². The van der Waals surface area contributed by atoms with Crippen molar-refractivity contribution in [3.63, 3.8) is 0 Å². The quantitative estimate of drug-likeness (QED) is 0.317. The standard InChI is InChI=1S/C32H48N2O10/c1-29(2,3)25(35)40-17-20-21(42-26(36)30(4,5)6)22(43-27(37)31(7,8)9)23(44-28(38)32(10,11)12)24(41-20)34-18(16-33)19-14-13-15-39-19/h13-15,18,20-24,34H,17H2,1-12H3/t18-,20-,21-,22+,23-,24-/m1/s1. The van der Waals surface area contributed by atoms with E-state index < -0.39 is 88.8 Å². The minimum absolute atomic E-state index is 0.247. The molecule has 12 heteroatoms. The lowest BCUT2D eigenvalue weighted by Crippen LogP contribution is -2.66. The molecule has 1 aliphatic rings. The smallest absolute Gasteiger partial charge is 0.311 e. The second-order valence-corrected chi connectivity index (χ2v) is 15.0. The van der Waals surface area contributed by atoms with Crippen molar-refractivity contribution in [1.82, 2.24) is 5.32 Å². The van der Waals surface area contributed by atoms with E-state index >= 15 is 0 Å². The number of furan rings is 1. The molecule has 1 aliphatic heterocycles. The summed E-state index contributed by atoms with van der Waals surface area (Å²) in [6.45, 7) is 19.4. The molecule has 1 fully saturated rings. The number of hydrogen-bond donors (Lipinski definition) is 1. The number of carbonyl (C=O) groups is 4. The van der Waals surface area contributed by atoms with Gasteiger partial charge in [-0.05, 0) is 95.2 Å². The third-order valence-corrected chi connectivity index (χ3v) is 6.48. The molecule has 0 amide bonds. The third kappa shape index (κ3) is 9.79. The van der Waals surface area contributed by atoms with Crippen LogP contribution in [0.4, 0.5) is 0 Å². The molecule has 1 saturated heterocycles. The molecular weight excluding hydrogens is 572 g/mol. The van der Waals surface area contributed by atoms with Crippen LogP contribution in [-0.2, 0) is 42.9 Å². The molecule has 1 aromatic heterocycles. The zero-order valence-corrected chi connectivity index (χ0v) is 27.9. The molecule has 0 unspecified atom stereocenters. The molecule has 6 atom stereocenters. The van der Waals surface area contributed by atoms with Gasteiger partial charge in [0, 0.05) is 0 Å². The van der Waals surface area contributed by atoms with Crippen LogP contribution in [0.2, 0.25) is 0 Å². The van der Waals surface area contributed by atoms with Gasteiger partial charge in [-0.2, -0.15) is 5.26 Å². The summed E-state index contributed by atoms with van der Waals surface area (Å²) in [6.07, 6.45) is -5.34. The van der Waals surface area contributed by atoms with Crippen molar-refractivity contribution in [2.24, 2.45) is 21.7 Å². The van der Waals surface area contributed by atoms with Crippen molar-refractivity contribution in [3.8, 4) is 6.07 Å². The molecule has 0 aromatic carbocycles. The van der Waals surface area contributed by atoms with Crippen LogP contribution in [0.5, 0.6) is 0 Å². The molecule has 1 N–H and O–H groups in total. The first-order valence-corrected chi connectivity index (χ1v) is 14.6. The Bertz CT molecular complexity index is 1210. The number of ether oxygens (including phenoxy) is 5. The minimum atomic E-state index is -1.43. The normalized spacial score (nSPS) is 23.6. The van der Waals surface area contributed by atoms with E-state index in [0.29, 0.717) is 0 Å². The summed E-state index contributed by atoms with van der Waals surface area (Å²) in [5, 5.41) is 13.0. The van der Waals surface area contributed by atoms with Crippen molar-refractivity contribution >= 4 is 23.9 Å². The first-order chi connectivity index (χ1) is 20.0. The molecule has 0 radical (unpaired) electrons. The van der Waals surface area contributed by atoms with Crippen LogP contribution in [0, 0.1) is 33.0 Å². The summed E-state index contributed by atoms with van der Waals surface area (Å²) < 4.78 is 35.1. The van der Waals surface area contributed by atoms with Gasteiger partial charge in [-0.3, -0.25) is 24.5 Å². The lowest BCUT2D eigenvalue weighted by molar-refractivity contribution is -0.265. The first-order valence-electron chi connectivity index (χ1n) is 14.6. The number of nitriles is 1. The molecule has 0 aliphatic carbocycles. The van der Waals surface area contributed by atoms with Gasteiger partial charge < -0.3 is 28.1 Å². The fourth-order valence-electron chi connectivity index (χ4n) is 3.67. The van der Waals surface area contributed by atoms with Gasteiger partial charge in [-0.25, -0.2) is 0 Å². The molecule has 2 heterocycles. The second kappa shape index (κ2) is 13.7. The van der Waals surface area contributed by atoms with Crippen molar-refractivity contribution in [3.05, 3.63) is 24.2 Å². The van der Waals surface area contributed by atoms with Crippen molar-refractivity contribution in [1.29, 1.82) is 5.26 Å². The Kier molecular flexibility index (Phi) is 11.4. The predicted molar refractivity (Wildman–Crippen MR) is 157 cm³/mol. The van der Waals surface area contributed by atoms with Crippen LogP contribution in [0.1, 0.15) is 94.9 Å². The molecule has 0 bridgehead atoms. The van der Waals surface area contributed by atoms with Gasteiger partial charge in [0.05, 0.1) is 34.0 Å². The van der Waals surface area contributed by atoms with Gasteiger partial charge in [0.1, 0.15) is 18.5 Å². The zero-order valence-electron chi connectivity index (χ0n) is 27.9. The average Bonchev–Trinajstić information content (AvgIpc) is 3.41. The van der Waals surface area contributed by atoms with Crippen LogP contribution < -0.4 is 5.32 Å². The number of rotatable bonds is 8. The highest BCUT2D eigenvalue weighted by atomic mass is 16.7. The van der Waals surface area contributed by atoms with E-state index in [-0.39, 0.29) is 5.76 Å². The Labute approximate surface area is 260 Å². The van der Waals surface area contributed by atoms with E-state index in [1.807, 2.05) is 0 Å². The maximum atomic E-state index is 13.3. The second-order valence-electron chi connectivity index (χ2n) is 15.0. The monoisotopic (exact) mass is 620 g/mol. The molecule has 0 spiro atoms. The van der Waals surface area contributed by atoms with Crippen LogP contribution in [-0.4, -0.2) is 61.1 Å². The highest BCUT2D eigenvalue weighted by Gasteiger charge is 2.55. The van der Waals surface area contributed by atoms with E-state index in [9.17, 15) is 24.4 Å². The highest BCUT2D eigenvalue weighted by Crippen LogP contribution is 2.34. The lowest BCUT2D eigenvalue weighted by Gasteiger charge is -2.46. The van der Waals surface area contributed by atoms with Crippen molar-refractivity contribution in [2.75, 3.05) is 6.61 Å². The minimum Gasteiger partial charge on any atom is -0.467 e. The van der Waals surface area contributed by atoms with Crippen molar-refractivity contribution < 1.29 is 47.3 Å². The van der Waals surface area contributed by atoms with Gasteiger partial charge in [-0.1, -0.05) is 0 Å². The Balaban J connectivity index is 2.72. The zero-order chi connectivity index (χ0) is 33.8. The third-order valence-electron chi connectivity index (χ3n) is 6.48. The van der Waals surface area contributed by atoms with Gasteiger partial charge in [0.25, 0.3) is 0 Å². The summed E-state index contributed by atoms with van der Waals surface area (Å²) in [4.78, 5) is 52.6. The van der Waals surface area contributed by atoms with E-state index in [1.54, 1.807) is 95.2 Å². The van der Waals surface area contributed by atoms with E-state index in [2.05, 4.69) is 11.4 Å². The Hall–Kier alpha value is -3.43. The topological polar surface area (TPSA) is 163 Å². The summed E-state index contributed by atoms with van der Waals surface area (Å²) in [5.41, 5.74) is -3.84. The summed E-state index contributed by atoms with van der Waals surface area (Å²) in [7, 11) is 0. The van der Waals surface area contributed by atoms with E-state index in [0.717, 1.165) is 0 Å². The molecule has 2 rings (SSSR count). The summed E-state index contributed by atoms with van der Waals surface area (Å²) in [6, 6.07) is 4.17. The lowest BCUT2D eigenvalue weighted by atomic mass is 9.92. The Morgan fingerprint density at radius 3 is 1.64 bits per heavy atom. The van der Waals surface area contributed by atoms with Crippen LogP contribution in [0.15, 0.2) is 22.8 Å². The van der Waals surface area contributed by atoms with Gasteiger partial charge in [0.15, 0.2) is 30.6 Å². The van der Waals surface area contributed by atoms with Crippen LogP contribution >= 0.6 is 0 Å². The average molecular weight is 621 g/mol. The maximum Gasteiger partial charge on any atom is 0.311 e. The highest BCUT2D eigenvalue weighted by molar-refractivity contribution is 5.78. The maximum absolute atomic E-state index is 13.3. The van der Waals surface area contributed by atoms with Crippen LogP contribution in [0.25, 0.3) is 0 Å². The summed E-state index contributed by atoms with van der Waals surface area (Å²) in [5.74, 6) is -2.31. The van der Waals surface area contributed by atoms with Crippen LogP contribution in [0.3, 0.4) is 0 Å². The van der Waals surface area contributed by atoms with Gasteiger partial charge in [-0.15, -0.1) is 0 Å². The predicted octanol–water partition coefficient (Wildman–Crippen LogP) is 4.62. The van der Waals surface area contributed by atoms with Gasteiger partial charge in [0.2, 0.25) is 0 Å². The fraction of sp³-hybridized carbons (Fsp3) is 0.719. The Morgan fingerprint density at radius 1 is 0.773 bits per heavy atom. The number of hydrogen-bond acceptors (Lipinski definition) is 12. The molecule has 246 valence electrons. The number of nitrogens with zero attached hydrogens (tertiary/aromatic N) is 1. The largest absolute Gasteiger partial charge is 0.467 e. The van der Waals surface area contributed by atoms with Gasteiger partial charge >= 0.3 is 23.9 Å². The number of esters is 4. The number of nitrogens with one attached hydrogen (secondary N) is 1. The molecule has 0 saturated carbocycles. The van der Waals surface area contributed by atoms with E-state index in [1.165, 1.54) is 6.26 Å². The molecule has 44 heavy (non-hydrogen) atoms. The molecular formula is C32H48N2O10. The molecule has 1 aromatic rings. The first kappa shape index (κ1) is 36.8. The summed E-state index contributed by atoms with van der Waals surface area (Å²) >= 11 is 0. The number of carbonyl (C=O) groups excluding carboxylic acids is 4.